The van der Waals surface area contributed by atoms with Crippen molar-refractivity contribution in [1.29, 1.82) is 5.26 Å². The normalized spacial score (nSPS) is 19.9. The van der Waals surface area contributed by atoms with Crippen LogP contribution in [0.1, 0.15) is 52.5 Å². The van der Waals surface area contributed by atoms with Gasteiger partial charge in [0.2, 0.25) is 0 Å². The van der Waals surface area contributed by atoms with Crippen LogP contribution in [0.15, 0.2) is 36.8 Å². The number of piperidine rings is 1. The van der Waals surface area contributed by atoms with Gasteiger partial charge >= 0.3 is 6.09 Å². The molecule has 2 saturated heterocycles. The lowest BCUT2D eigenvalue weighted by Crippen LogP contribution is -2.48. The summed E-state index contributed by atoms with van der Waals surface area (Å²) in [5.41, 5.74) is 2.58. The number of hydrogen-bond donors (Lipinski definition) is 0. The highest BCUT2D eigenvalue weighted by Gasteiger charge is 2.43. The van der Waals surface area contributed by atoms with Gasteiger partial charge in [-0.1, -0.05) is 0 Å². The number of pyridine rings is 2. The van der Waals surface area contributed by atoms with Crippen LogP contribution >= 0.6 is 0 Å². The second kappa shape index (κ2) is 9.58. The van der Waals surface area contributed by atoms with Gasteiger partial charge < -0.3 is 19.3 Å². The van der Waals surface area contributed by atoms with Crippen LogP contribution in [-0.2, 0) is 4.74 Å². The van der Waals surface area contributed by atoms with Gasteiger partial charge in [-0.15, -0.1) is 0 Å². The van der Waals surface area contributed by atoms with Crippen molar-refractivity contribution < 1.29 is 14.3 Å². The Labute approximate surface area is 217 Å². The van der Waals surface area contributed by atoms with Crippen molar-refractivity contribution in [1.82, 2.24) is 19.5 Å². The minimum Gasteiger partial charge on any atom is -0.492 e. The first-order valence-electron chi connectivity index (χ1n) is 12.9. The highest BCUT2D eigenvalue weighted by molar-refractivity contribution is 5.85. The quantitative estimate of drug-likeness (QED) is 0.501. The molecule has 1 atom stereocenters. The molecule has 37 heavy (non-hydrogen) atoms. The van der Waals surface area contributed by atoms with Gasteiger partial charge in [0.1, 0.15) is 23.2 Å². The maximum atomic E-state index is 12.7. The summed E-state index contributed by atoms with van der Waals surface area (Å²) in [5, 5.41) is 13.9. The van der Waals surface area contributed by atoms with E-state index >= 15 is 0 Å². The Morgan fingerprint density at radius 2 is 2.03 bits per heavy atom. The zero-order valence-electron chi connectivity index (χ0n) is 22.0. The second-order valence-electron chi connectivity index (χ2n) is 11.1. The van der Waals surface area contributed by atoms with E-state index in [2.05, 4.69) is 16.1 Å². The van der Waals surface area contributed by atoms with E-state index in [1.54, 1.807) is 16.9 Å². The van der Waals surface area contributed by atoms with Gasteiger partial charge in [0.25, 0.3) is 0 Å². The molecule has 1 spiro atoms. The first kappa shape index (κ1) is 24.9. The highest BCUT2D eigenvalue weighted by atomic mass is 16.6. The molecular formula is C28H34N6O3. The number of aromatic nitrogens is 3. The molecule has 5 rings (SSSR count). The lowest BCUT2D eigenvalue weighted by atomic mass is 9.79. The van der Waals surface area contributed by atoms with Crippen molar-refractivity contribution in [3.8, 4) is 22.9 Å². The molecule has 0 aliphatic carbocycles. The number of rotatable bonds is 4. The lowest BCUT2D eigenvalue weighted by molar-refractivity contribution is 0.00713. The number of amides is 1. The monoisotopic (exact) mass is 502 g/mol. The number of nitrogens with zero attached hydrogens (tertiary/aromatic N) is 6. The number of likely N-dealkylation sites (tertiary alicyclic amines) is 1. The molecule has 3 aromatic rings. The number of carbonyl (C=O) groups is 1. The van der Waals surface area contributed by atoms with Crippen LogP contribution in [0.25, 0.3) is 16.6 Å². The van der Waals surface area contributed by atoms with Gasteiger partial charge in [0, 0.05) is 48.9 Å². The molecule has 9 nitrogen and oxygen atoms in total. The predicted octanol–water partition coefficient (Wildman–Crippen LogP) is 4.89. The summed E-state index contributed by atoms with van der Waals surface area (Å²) in [4.78, 5) is 21.7. The molecule has 2 fully saturated rings. The molecule has 1 amide bonds. The molecule has 0 N–H and O–H groups in total. The summed E-state index contributed by atoms with van der Waals surface area (Å²) in [5.74, 6) is 1.61. The zero-order valence-corrected chi connectivity index (χ0v) is 22.0. The smallest absolute Gasteiger partial charge is 0.410 e. The number of hydrogen-bond acceptors (Lipinski definition) is 7. The van der Waals surface area contributed by atoms with Gasteiger partial charge in [-0.25, -0.2) is 14.3 Å². The molecule has 2 aliphatic rings. The van der Waals surface area contributed by atoms with E-state index in [1.807, 2.05) is 57.0 Å². The number of ether oxygens (including phenoxy) is 2. The van der Waals surface area contributed by atoms with Gasteiger partial charge in [-0.3, -0.25) is 0 Å². The van der Waals surface area contributed by atoms with Crippen molar-refractivity contribution >= 4 is 17.4 Å². The van der Waals surface area contributed by atoms with Crippen molar-refractivity contribution in [2.75, 3.05) is 37.7 Å². The van der Waals surface area contributed by atoms with Crippen LogP contribution < -0.4 is 9.64 Å². The first-order chi connectivity index (χ1) is 17.7. The van der Waals surface area contributed by atoms with Gasteiger partial charge in [0.05, 0.1) is 30.1 Å². The van der Waals surface area contributed by atoms with Gasteiger partial charge in [-0.2, -0.15) is 10.4 Å². The Hall–Kier alpha value is -3.80. The summed E-state index contributed by atoms with van der Waals surface area (Å²) in [6, 6.07) is 8.25. The van der Waals surface area contributed by atoms with E-state index in [0.29, 0.717) is 17.9 Å². The van der Waals surface area contributed by atoms with Crippen LogP contribution in [0, 0.1) is 16.7 Å². The van der Waals surface area contributed by atoms with Crippen molar-refractivity contribution in [2.45, 2.75) is 52.6 Å². The first-order valence-corrected chi connectivity index (χ1v) is 12.9. The summed E-state index contributed by atoms with van der Waals surface area (Å²) >= 11 is 0. The number of carbonyl (C=O) groups excluding carboxylic acids is 1. The topological polar surface area (TPSA) is 96.0 Å². The molecule has 5 heterocycles. The third kappa shape index (κ3) is 5.06. The van der Waals surface area contributed by atoms with Crippen molar-refractivity contribution in [2.24, 2.45) is 5.41 Å². The minimum absolute atomic E-state index is 0.0623. The fourth-order valence-electron chi connectivity index (χ4n) is 5.53. The molecule has 0 bridgehead atoms. The third-order valence-electron chi connectivity index (χ3n) is 7.15. The summed E-state index contributed by atoms with van der Waals surface area (Å²) in [7, 11) is 0. The Bertz CT molecular complexity index is 1340. The molecule has 0 radical (unpaired) electrons. The lowest BCUT2D eigenvalue weighted by Gasteiger charge is -2.40. The number of anilines is 1. The van der Waals surface area contributed by atoms with Crippen LogP contribution in [0.4, 0.5) is 10.6 Å². The molecule has 0 saturated carbocycles. The molecule has 9 heteroatoms. The fourth-order valence-corrected chi connectivity index (χ4v) is 5.53. The Morgan fingerprint density at radius 3 is 2.73 bits per heavy atom. The number of fused-ring (bicyclic) bond motifs is 1. The number of nitriles is 1. The summed E-state index contributed by atoms with van der Waals surface area (Å²) in [6.45, 7) is 11.4. The van der Waals surface area contributed by atoms with E-state index in [4.69, 9.17) is 14.5 Å². The zero-order chi connectivity index (χ0) is 26.2. The molecule has 0 unspecified atom stereocenters. The Kier molecular flexibility index (Phi) is 6.44. The average molecular weight is 503 g/mol. The third-order valence-corrected chi connectivity index (χ3v) is 7.15. The van der Waals surface area contributed by atoms with Crippen molar-refractivity contribution in [3.63, 3.8) is 0 Å². The van der Waals surface area contributed by atoms with Crippen molar-refractivity contribution in [3.05, 3.63) is 42.4 Å². The Balaban J connectivity index is 1.35. The van der Waals surface area contributed by atoms with E-state index < -0.39 is 5.60 Å². The summed E-state index contributed by atoms with van der Waals surface area (Å²) in [6.07, 6.45) is 8.11. The van der Waals surface area contributed by atoms with Crippen LogP contribution in [0.2, 0.25) is 0 Å². The molecular weight excluding hydrogens is 468 g/mol. The largest absolute Gasteiger partial charge is 0.492 e. The highest BCUT2D eigenvalue weighted by Crippen LogP contribution is 2.41. The van der Waals surface area contributed by atoms with Gasteiger partial charge in [0.15, 0.2) is 0 Å². The maximum Gasteiger partial charge on any atom is 0.410 e. The SMILES string of the molecule is CCOc1cc(-c2ccc(N3CC[C@]4(CCCN(C(=O)OC(C)(C)C)C4)C3)nc2)c2c(C#N)cnn2c1. The second-order valence-corrected chi connectivity index (χ2v) is 11.1. The van der Waals surface area contributed by atoms with E-state index in [9.17, 15) is 10.1 Å². The Morgan fingerprint density at radius 1 is 1.19 bits per heavy atom. The van der Waals surface area contributed by atoms with E-state index in [1.165, 1.54) is 0 Å². The van der Waals surface area contributed by atoms with Crippen LogP contribution in [0.3, 0.4) is 0 Å². The van der Waals surface area contributed by atoms with E-state index in [0.717, 1.165) is 67.9 Å². The van der Waals surface area contributed by atoms with Gasteiger partial charge in [-0.05, 0) is 65.2 Å². The standard InChI is InChI=1S/C28H34N6O3/c1-5-36-22-13-23(25-21(14-29)16-31-34(25)17-22)20-7-8-24(30-15-20)32-12-10-28(18-32)9-6-11-33(19-28)26(35)37-27(2,3)4/h7-8,13,15-17H,5-6,9-12,18-19H2,1-4H3/t28-/m1/s1. The fraction of sp³-hybridized carbons (Fsp3) is 0.500. The van der Waals surface area contributed by atoms with Crippen LogP contribution in [0.5, 0.6) is 5.75 Å². The summed E-state index contributed by atoms with van der Waals surface area (Å²) < 4.78 is 13.1. The maximum absolute atomic E-state index is 12.7. The molecule has 2 aliphatic heterocycles. The minimum atomic E-state index is -0.492. The van der Waals surface area contributed by atoms with E-state index in [-0.39, 0.29) is 11.5 Å². The van der Waals surface area contributed by atoms with Crippen LogP contribution in [-0.4, -0.2) is 64.0 Å². The average Bonchev–Trinajstić information content (AvgIpc) is 3.47. The molecule has 0 aromatic carbocycles. The molecule has 3 aromatic heterocycles. The predicted molar refractivity (Wildman–Crippen MR) is 141 cm³/mol. The molecule has 194 valence electrons.